The maximum atomic E-state index is 12.7. The van der Waals surface area contributed by atoms with Gasteiger partial charge in [-0.05, 0) is 18.2 Å². The predicted molar refractivity (Wildman–Crippen MR) is 84.2 cm³/mol. The molecule has 22 heavy (non-hydrogen) atoms. The van der Waals surface area contributed by atoms with Crippen LogP contribution in [0.5, 0.6) is 0 Å². The maximum Gasteiger partial charge on any atom is 0.283 e. The van der Waals surface area contributed by atoms with Gasteiger partial charge in [0.1, 0.15) is 10.7 Å². The maximum absolute atomic E-state index is 12.7. The number of carbonyl (C=O) groups is 2. The summed E-state index contributed by atoms with van der Waals surface area (Å²) >= 11 is 18.0. The minimum Gasteiger partial charge on any atom is -0.378 e. The Bertz CT molecular complexity index is 684. The van der Waals surface area contributed by atoms with Crippen LogP contribution in [-0.2, 0) is 14.3 Å². The molecule has 1 aromatic carbocycles. The van der Waals surface area contributed by atoms with Crippen LogP contribution in [0, 0.1) is 0 Å². The van der Waals surface area contributed by atoms with Crippen LogP contribution in [0.15, 0.2) is 28.9 Å². The summed E-state index contributed by atoms with van der Waals surface area (Å²) in [5, 5.41) is 0.528. The van der Waals surface area contributed by atoms with Gasteiger partial charge in [-0.3, -0.25) is 9.59 Å². The van der Waals surface area contributed by atoms with Gasteiger partial charge in [0, 0.05) is 18.1 Å². The van der Waals surface area contributed by atoms with Crippen LogP contribution in [0.2, 0.25) is 10.0 Å². The van der Waals surface area contributed by atoms with Crippen LogP contribution in [0.4, 0.5) is 5.69 Å². The molecule has 1 saturated heterocycles. The van der Waals surface area contributed by atoms with E-state index in [-0.39, 0.29) is 21.4 Å². The van der Waals surface area contributed by atoms with Crippen molar-refractivity contribution in [3.8, 4) is 0 Å². The van der Waals surface area contributed by atoms with Crippen LogP contribution in [0.1, 0.15) is 0 Å². The van der Waals surface area contributed by atoms with Gasteiger partial charge in [-0.25, -0.2) is 4.90 Å². The number of benzene rings is 1. The van der Waals surface area contributed by atoms with Crippen LogP contribution >= 0.6 is 34.8 Å². The quantitative estimate of drug-likeness (QED) is 0.760. The van der Waals surface area contributed by atoms with Gasteiger partial charge in [-0.15, -0.1) is 0 Å². The Hall–Kier alpha value is -1.27. The Balaban J connectivity index is 1.96. The van der Waals surface area contributed by atoms with E-state index in [2.05, 4.69) is 0 Å². The van der Waals surface area contributed by atoms with E-state index in [0.29, 0.717) is 31.3 Å². The van der Waals surface area contributed by atoms with Gasteiger partial charge in [-0.1, -0.05) is 34.8 Å². The van der Waals surface area contributed by atoms with Crippen molar-refractivity contribution < 1.29 is 14.3 Å². The largest absolute Gasteiger partial charge is 0.378 e. The van der Waals surface area contributed by atoms with E-state index >= 15 is 0 Å². The molecule has 2 aliphatic heterocycles. The molecule has 5 nitrogen and oxygen atoms in total. The summed E-state index contributed by atoms with van der Waals surface area (Å²) in [7, 11) is 0. The highest BCUT2D eigenvalue weighted by Gasteiger charge is 2.42. The van der Waals surface area contributed by atoms with Gasteiger partial charge in [0.2, 0.25) is 0 Å². The lowest BCUT2D eigenvalue weighted by Crippen LogP contribution is -2.40. The van der Waals surface area contributed by atoms with E-state index in [1.165, 1.54) is 12.1 Å². The summed E-state index contributed by atoms with van der Waals surface area (Å²) in [6, 6.07) is 4.55. The van der Waals surface area contributed by atoms with Gasteiger partial charge in [0.15, 0.2) is 0 Å². The number of rotatable bonds is 2. The molecular formula is C14H11Cl3N2O3. The zero-order chi connectivity index (χ0) is 15.9. The Labute approximate surface area is 142 Å². The number of ether oxygens (including phenoxy) is 1. The fourth-order valence-electron chi connectivity index (χ4n) is 2.43. The third kappa shape index (κ3) is 2.58. The number of amides is 2. The molecule has 2 amide bonds. The van der Waals surface area contributed by atoms with Crippen molar-refractivity contribution in [1.29, 1.82) is 0 Å². The average molecular weight is 362 g/mol. The smallest absolute Gasteiger partial charge is 0.283 e. The molecule has 0 radical (unpaired) electrons. The second-order valence-corrected chi connectivity index (χ2v) is 6.03. The van der Waals surface area contributed by atoms with Crippen molar-refractivity contribution in [2.45, 2.75) is 0 Å². The number of morpholine rings is 1. The van der Waals surface area contributed by atoms with Crippen LogP contribution in [0.3, 0.4) is 0 Å². The number of hydrogen-bond acceptors (Lipinski definition) is 4. The van der Waals surface area contributed by atoms with Crippen molar-refractivity contribution in [1.82, 2.24) is 4.90 Å². The molecule has 0 N–H and O–H groups in total. The molecule has 2 heterocycles. The molecule has 3 rings (SSSR count). The molecule has 0 unspecified atom stereocenters. The lowest BCUT2D eigenvalue weighted by atomic mass is 10.3. The van der Waals surface area contributed by atoms with Crippen molar-refractivity contribution in [2.75, 3.05) is 31.2 Å². The van der Waals surface area contributed by atoms with E-state index in [0.717, 1.165) is 4.90 Å². The minimum absolute atomic E-state index is 0.0992. The first-order valence-corrected chi connectivity index (χ1v) is 7.70. The first kappa shape index (κ1) is 15.6. The topological polar surface area (TPSA) is 49.9 Å². The van der Waals surface area contributed by atoms with Gasteiger partial charge >= 0.3 is 0 Å². The number of carbonyl (C=O) groups excluding carboxylic acids is 2. The molecular weight excluding hydrogens is 351 g/mol. The molecule has 0 saturated carbocycles. The van der Waals surface area contributed by atoms with Crippen molar-refractivity contribution >= 4 is 52.3 Å². The fraction of sp³-hybridized carbons (Fsp3) is 0.286. The van der Waals surface area contributed by atoms with Crippen molar-refractivity contribution in [2.24, 2.45) is 0 Å². The zero-order valence-electron chi connectivity index (χ0n) is 11.3. The summed E-state index contributed by atoms with van der Waals surface area (Å²) in [6.07, 6.45) is 0. The second-order valence-electron chi connectivity index (χ2n) is 4.80. The van der Waals surface area contributed by atoms with E-state index in [1.54, 1.807) is 11.0 Å². The molecule has 0 aromatic heterocycles. The van der Waals surface area contributed by atoms with Gasteiger partial charge in [0.05, 0.1) is 23.9 Å². The summed E-state index contributed by atoms with van der Waals surface area (Å²) < 4.78 is 5.25. The number of halogens is 3. The number of hydrogen-bond donors (Lipinski definition) is 0. The van der Waals surface area contributed by atoms with Crippen molar-refractivity contribution in [3.05, 3.63) is 39.0 Å². The fourth-order valence-corrected chi connectivity index (χ4v) is 3.21. The molecule has 0 atom stereocenters. The van der Waals surface area contributed by atoms with E-state index in [4.69, 9.17) is 39.5 Å². The number of anilines is 1. The summed E-state index contributed by atoms with van der Waals surface area (Å²) in [5.74, 6) is -1.07. The van der Waals surface area contributed by atoms with Crippen LogP contribution in [-0.4, -0.2) is 43.0 Å². The lowest BCUT2D eigenvalue weighted by molar-refractivity contribution is -0.121. The molecule has 1 aromatic rings. The van der Waals surface area contributed by atoms with Gasteiger partial charge in [0.25, 0.3) is 11.8 Å². The predicted octanol–water partition coefficient (Wildman–Crippen LogP) is 2.65. The van der Waals surface area contributed by atoms with Gasteiger partial charge < -0.3 is 9.64 Å². The minimum atomic E-state index is -0.586. The van der Waals surface area contributed by atoms with E-state index in [9.17, 15) is 9.59 Å². The Morgan fingerprint density at radius 2 is 1.68 bits per heavy atom. The standard InChI is InChI=1S/C14H11Cl3N2O3/c15-8-1-2-10(9(16)7-8)19-13(20)11(17)12(14(19)21)18-3-5-22-6-4-18/h1-2,7H,3-6H2. The highest BCUT2D eigenvalue weighted by atomic mass is 35.5. The first-order valence-electron chi connectivity index (χ1n) is 6.57. The Kier molecular flexibility index (Phi) is 4.32. The number of nitrogens with zero attached hydrogens (tertiary/aromatic N) is 2. The Morgan fingerprint density at radius 3 is 2.32 bits per heavy atom. The summed E-state index contributed by atoms with van der Waals surface area (Å²) in [6.45, 7) is 1.98. The molecule has 0 bridgehead atoms. The summed E-state index contributed by atoms with van der Waals surface area (Å²) in [4.78, 5) is 27.8. The first-order chi connectivity index (χ1) is 10.5. The third-order valence-electron chi connectivity index (χ3n) is 3.48. The molecule has 116 valence electrons. The second kappa shape index (κ2) is 6.08. The summed E-state index contributed by atoms with van der Waals surface area (Å²) in [5.41, 5.74) is 0.462. The van der Waals surface area contributed by atoms with Crippen molar-refractivity contribution in [3.63, 3.8) is 0 Å². The Morgan fingerprint density at radius 1 is 1.00 bits per heavy atom. The molecule has 0 aliphatic carbocycles. The normalized spacial score (nSPS) is 19.4. The molecule has 0 spiro atoms. The van der Waals surface area contributed by atoms with E-state index < -0.39 is 11.8 Å². The SMILES string of the molecule is O=C1C(Cl)=C(N2CCOCC2)C(=O)N1c1ccc(Cl)cc1Cl. The van der Waals surface area contributed by atoms with Crippen LogP contribution < -0.4 is 4.90 Å². The monoisotopic (exact) mass is 360 g/mol. The highest BCUT2D eigenvalue weighted by Crippen LogP contribution is 2.36. The van der Waals surface area contributed by atoms with E-state index in [1.807, 2.05) is 0 Å². The van der Waals surface area contributed by atoms with Gasteiger partial charge in [-0.2, -0.15) is 0 Å². The zero-order valence-corrected chi connectivity index (χ0v) is 13.6. The molecule has 2 aliphatic rings. The molecule has 8 heteroatoms. The highest BCUT2D eigenvalue weighted by molar-refractivity contribution is 6.53. The average Bonchev–Trinajstić information content (AvgIpc) is 2.71. The lowest BCUT2D eigenvalue weighted by Gasteiger charge is -2.29. The molecule has 1 fully saturated rings. The van der Waals surface area contributed by atoms with Crippen LogP contribution in [0.25, 0.3) is 0 Å². The third-order valence-corrected chi connectivity index (χ3v) is 4.36. The number of imide groups is 1.